The number of imidazole rings is 1. The first-order valence-electron chi connectivity index (χ1n) is 23.0. The van der Waals surface area contributed by atoms with Crippen LogP contribution in [-0.2, 0) is 55.1 Å². The number of hydrazine groups is 1. The van der Waals surface area contributed by atoms with E-state index in [0.717, 1.165) is 56.2 Å². The average Bonchev–Trinajstić information content (AvgIpc) is 3.83. The van der Waals surface area contributed by atoms with Gasteiger partial charge in [-0.25, -0.2) is 10.4 Å². The summed E-state index contributed by atoms with van der Waals surface area (Å²) in [5.41, 5.74) is 10.3. The monoisotopic (exact) mass is 1050 g/mol. The molecule has 7 rings (SSSR count). The first kappa shape index (κ1) is 60.1. The van der Waals surface area contributed by atoms with Crippen molar-refractivity contribution in [3.8, 4) is 22.4 Å². The molecule has 3 N–H and O–H groups in total. The second-order valence-electron chi connectivity index (χ2n) is 18.7. The molecule has 386 valence electrons. The smallest absolute Gasteiger partial charge is 0.324 e. The largest absolute Gasteiger partial charge is 0.464 e. The summed E-state index contributed by atoms with van der Waals surface area (Å²) in [7, 11) is 4.78. The molecular formula is C51H71N9O7S4. The van der Waals surface area contributed by atoms with Gasteiger partial charge in [-0.05, 0) is 91.6 Å². The predicted molar refractivity (Wildman–Crippen MR) is 298 cm³/mol. The number of methoxy groups -OCH3 is 1. The molecule has 1 saturated heterocycles. The molecule has 4 amide bonds. The Morgan fingerprint density at radius 2 is 1.75 bits per heavy atom. The van der Waals surface area contributed by atoms with Gasteiger partial charge in [0.05, 0.1) is 30.3 Å². The number of ether oxygens (including phenoxy) is 2. The summed E-state index contributed by atoms with van der Waals surface area (Å²) in [4.78, 5) is 79.5. The molecular weight excluding hydrogens is 979 g/mol. The molecule has 0 saturated carbocycles. The highest BCUT2D eigenvalue weighted by Crippen LogP contribution is 2.42. The second-order valence-corrected chi connectivity index (χ2v) is 18.7. The van der Waals surface area contributed by atoms with Gasteiger partial charge >= 0.3 is 5.97 Å². The number of aromatic nitrogens is 4. The molecule has 71 heavy (non-hydrogen) atoms. The van der Waals surface area contributed by atoms with E-state index in [9.17, 15) is 24.0 Å². The molecule has 6 bridgehead atoms. The highest BCUT2D eigenvalue weighted by atomic mass is 32.1. The van der Waals surface area contributed by atoms with Gasteiger partial charge in [-0.15, -0.1) is 0 Å². The first-order valence-corrected chi connectivity index (χ1v) is 23.0. The number of esters is 1. The van der Waals surface area contributed by atoms with Crippen molar-refractivity contribution in [2.24, 2.45) is 18.4 Å². The number of pyridine rings is 1. The predicted octanol–water partition coefficient (Wildman–Crippen LogP) is 6.85. The Morgan fingerprint density at radius 1 is 1.03 bits per heavy atom. The lowest BCUT2D eigenvalue weighted by molar-refractivity contribution is -0.155. The number of cyclic esters (lactones) is 1. The Hall–Kier alpha value is -5.25. The van der Waals surface area contributed by atoms with Crippen LogP contribution in [0.1, 0.15) is 87.9 Å². The maximum absolute atomic E-state index is 14.7. The third kappa shape index (κ3) is 12.9. The van der Waals surface area contributed by atoms with Gasteiger partial charge < -0.3 is 34.1 Å². The average molecular weight is 1050 g/mol. The van der Waals surface area contributed by atoms with Gasteiger partial charge in [0.15, 0.2) is 0 Å². The van der Waals surface area contributed by atoms with Gasteiger partial charge in [-0.2, -0.15) is 54.0 Å². The van der Waals surface area contributed by atoms with Gasteiger partial charge in [0.2, 0.25) is 17.6 Å². The van der Waals surface area contributed by atoms with Crippen LogP contribution in [0.5, 0.6) is 0 Å². The van der Waals surface area contributed by atoms with Crippen LogP contribution in [0.15, 0.2) is 79.6 Å². The molecule has 5 aromatic rings. The van der Waals surface area contributed by atoms with Crippen molar-refractivity contribution < 1.29 is 33.4 Å². The zero-order valence-corrected chi connectivity index (χ0v) is 46.0. The summed E-state index contributed by atoms with van der Waals surface area (Å²) < 4.78 is 15.7. The van der Waals surface area contributed by atoms with Gasteiger partial charge in [-0.1, -0.05) is 64.6 Å². The van der Waals surface area contributed by atoms with E-state index < -0.39 is 53.1 Å². The fraction of sp³-hybridized carbons (Fsp3) is 0.431. The Morgan fingerprint density at radius 3 is 2.42 bits per heavy atom. The van der Waals surface area contributed by atoms with E-state index in [0.29, 0.717) is 32.4 Å². The summed E-state index contributed by atoms with van der Waals surface area (Å²) in [5, 5.41) is 8.11. The third-order valence-corrected chi connectivity index (χ3v) is 12.9. The van der Waals surface area contributed by atoms with Crippen molar-refractivity contribution in [1.82, 2.24) is 39.8 Å². The second kappa shape index (κ2) is 25.4. The number of amides is 4. The van der Waals surface area contributed by atoms with E-state index in [2.05, 4.69) is 77.2 Å². The number of nitrogens with one attached hydrogen (secondary N) is 3. The van der Waals surface area contributed by atoms with Crippen LogP contribution < -0.4 is 16.1 Å². The summed E-state index contributed by atoms with van der Waals surface area (Å²) in [6, 6.07) is 15.5. The zero-order valence-electron chi connectivity index (χ0n) is 42.0. The number of carbonyl (C=O) groups excluding carboxylic acids is 5. The van der Waals surface area contributed by atoms with E-state index in [1.165, 1.54) is 27.7 Å². The molecule has 2 aliphatic heterocycles. The van der Waals surface area contributed by atoms with Crippen LogP contribution >= 0.6 is 54.0 Å². The molecule has 0 aliphatic carbocycles. The highest BCUT2D eigenvalue weighted by Gasteiger charge is 2.38. The van der Waals surface area contributed by atoms with Gasteiger partial charge in [0.25, 0.3) is 11.8 Å². The van der Waals surface area contributed by atoms with Crippen molar-refractivity contribution in [1.29, 1.82) is 0 Å². The maximum Gasteiger partial charge on any atom is 0.324 e. The van der Waals surface area contributed by atoms with Gasteiger partial charge in [-0.3, -0.25) is 34.0 Å². The van der Waals surface area contributed by atoms with Crippen LogP contribution in [0.4, 0.5) is 5.82 Å². The molecule has 3 aromatic heterocycles. The number of anilines is 1. The first-order chi connectivity index (χ1) is 32.0. The van der Waals surface area contributed by atoms with Gasteiger partial charge in [0, 0.05) is 68.8 Å². The Bertz CT molecular complexity index is 2720. The molecule has 0 spiro atoms. The molecule has 4 atom stereocenters. The summed E-state index contributed by atoms with van der Waals surface area (Å²) in [6.45, 7) is 16.5. The fourth-order valence-corrected chi connectivity index (χ4v) is 9.35. The number of benzene rings is 2. The number of fused-ring (bicyclic) bond motifs is 6. The van der Waals surface area contributed by atoms with Crippen LogP contribution in [0.25, 0.3) is 33.3 Å². The summed E-state index contributed by atoms with van der Waals surface area (Å²) in [6.07, 6.45) is 5.66. The number of hydrogen-bond acceptors (Lipinski definition) is 10. The Kier molecular flexibility index (Phi) is 21.5. The maximum atomic E-state index is 14.7. The van der Waals surface area contributed by atoms with Crippen molar-refractivity contribution in [3.63, 3.8) is 0 Å². The lowest BCUT2D eigenvalue weighted by atomic mass is 9.84. The number of rotatable bonds is 11. The van der Waals surface area contributed by atoms with Crippen molar-refractivity contribution in [2.45, 2.75) is 98.0 Å². The van der Waals surface area contributed by atoms with Crippen LogP contribution in [-0.4, -0.2) is 104 Å². The lowest BCUT2D eigenvalue weighted by Crippen LogP contribution is -2.62. The minimum atomic E-state index is -1.10. The molecule has 0 unspecified atom stereocenters. The van der Waals surface area contributed by atoms with Crippen LogP contribution in [0, 0.1) is 11.3 Å². The zero-order chi connectivity index (χ0) is 48.3. The van der Waals surface area contributed by atoms with E-state index >= 15 is 0 Å². The summed E-state index contributed by atoms with van der Waals surface area (Å²) in [5.74, 6) is -2.59. The minimum Gasteiger partial charge on any atom is -0.464 e. The van der Waals surface area contributed by atoms with Gasteiger partial charge in [0.1, 0.15) is 23.9 Å². The molecule has 2 aromatic carbocycles. The van der Waals surface area contributed by atoms with E-state index in [4.69, 9.17) is 14.5 Å². The number of hydrogen-bond donors (Lipinski definition) is 3. The molecule has 0 radical (unpaired) electrons. The molecule has 5 heterocycles. The van der Waals surface area contributed by atoms with E-state index in [-0.39, 0.29) is 90.7 Å². The topological polar surface area (TPSA) is 182 Å². The Balaban J connectivity index is 0.00000333. The molecule has 2 aliphatic rings. The fourth-order valence-electron chi connectivity index (χ4n) is 9.35. The lowest BCUT2D eigenvalue weighted by Gasteiger charge is -2.36. The van der Waals surface area contributed by atoms with Crippen molar-refractivity contribution >= 4 is 100 Å². The molecule has 1 fully saturated rings. The highest BCUT2D eigenvalue weighted by molar-refractivity contribution is 7.59. The quantitative estimate of drug-likeness (QED) is 0.0935. The third-order valence-electron chi connectivity index (χ3n) is 12.9. The Labute approximate surface area is 444 Å². The van der Waals surface area contributed by atoms with Crippen LogP contribution in [0.3, 0.4) is 0 Å². The van der Waals surface area contributed by atoms with Crippen molar-refractivity contribution in [3.05, 3.63) is 102 Å². The van der Waals surface area contributed by atoms with E-state index in [1.54, 1.807) is 20.4 Å². The number of aryl methyl sites for hydroxylation is 1. The molecule has 20 heteroatoms. The van der Waals surface area contributed by atoms with Crippen LogP contribution in [0.2, 0.25) is 0 Å². The van der Waals surface area contributed by atoms with E-state index in [1.807, 2.05) is 51.1 Å². The molecule has 16 nitrogen and oxygen atoms in total. The number of likely N-dealkylation sites (N-methyl/N-ethyl adjacent to an activating group) is 1. The van der Waals surface area contributed by atoms with Crippen molar-refractivity contribution in [2.75, 3.05) is 32.6 Å². The number of carbonyl (C=O) groups is 5. The number of nitrogens with zero attached hydrogens (tertiary/aromatic N) is 6. The standard InChI is InChI=1S/C51H63N9O7.4H2S/c1-11-42(61)55-41-28-53-46(57(41)8)49(64)58(9)44(30(3)4)47(62)54-39-25-32-16-13-17-33(24-32)34-20-21-40-36(26-34)37(45(59(40)12-2)35-18-14-22-52-43(35)31(5)66-10)27-51(6,7)29-67-50(65)38-19-15-23-60(56-38)48(39)63;;;;/h11,13-14,16-18,20-22,24,26,28,30-31,38-39,44,56H,1,12,15,19,23,25,27,29H2,2-10H3,(H,54,62)(H,55,61);4*1H2/t31-,38-,39-,44-;;;;/m0..../s1. The SMILES string of the molecule is C=CC(=O)Nc1cnc(C(=O)N(C)[C@H](C(=O)N[C@H]2Cc3cccc(c3)-c3ccc4c(c3)c(c(-c3cccnc3[C@H](C)OC)n4CC)CC(C)(C)COC(=O)[C@@H]3CCCN(N3)C2=O)C(C)C)n1C.S.S.S.S. The normalized spacial score (nSPS) is 17.4. The summed E-state index contributed by atoms with van der Waals surface area (Å²) >= 11 is 0. The minimum absolute atomic E-state index is 0.